The third-order valence-electron chi connectivity index (χ3n) is 2.60. The van der Waals surface area contributed by atoms with Gasteiger partial charge in [0.25, 0.3) is 5.78 Å². The molecule has 0 bridgehead atoms. The van der Waals surface area contributed by atoms with E-state index >= 15 is 0 Å². The van der Waals surface area contributed by atoms with Crippen LogP contribution in [0.4, 0.5) is 0 Å². The number of nitriles is 1. The van der Waals surface area contributed by atoms with E-state index in [-0.39, 0.29) is 6.61 Å². The lowest BCUT2D eigenvalue weighted by molar-refractivity contribution is -0.153. The van der Waals surface area contributed by atoms with E-state index < -0.39 is 17.7 Å². The number of ketones is 1. The minimum atomic E-state index is -1.09. The van der Waals surface area contributed by atoms with E-state index in [4.69, 9.17) is 5.26 Å². The molecule has 1 rings (SSSR count). The molecule has 94 valence electrons. The van der Waals surface area contributed by atoms with Gasteiger partial charge in [-0.05, 0) is 31.9 Å². The third-order valence-corrected chi connectivity index (χ3v) is 2.60. The second kappa shape index (κ2) is 5.97. The van der Waals surface area contributed by atoms with Gasteiger partial charge in [0.05, 0.1) is 12.7 Å². The summed E-state index contributed by atoms with van der Waals surface area (Å²) in [5.74, 6) is -2.86. The van der Waals surface area contributed by atoms with Crippen molar-refractivity contribution >= 4 is 11.8 Å². The number of hydrogen-bond donors (Lipinski definition) is 0. The summed E-state index contributed by atoms with van der Waals surface area (Å²) in [5.41, 5.74) is 2.41. The Balaban J connectivity index is 3.07. The molecule has 18 heavy (non-hydrogen) atoms. The van der Waals surface area contributed by atoms with E-state index in [0.717, 1.165) is 11.1 Å². The van der Waals surface area contributed by atoms with Crippen molar-refractivity contribution in [1.82, 2.24) is 0 Å². The van der Waals surface area contributed by atoms with Crippen LogP contribution in [-0.2, 0) is 14.3 Å². The van der Waals surface area contributed by atoms with Crippen molar-refractivity contribution in [3.8, 4) is 6.07 Å². The van der Waals surface area contributed by atoms with Crippen molar-refractivity contribution in [2.75, 3.05) is 6.61 Å². The van der Waals surface area contributed by atoms with Crippen molar-refractivity contribution in [2.45, 2.75) is 26.7 Å². The topological polar surface area (TPSA) is 67.2 Å². The number of Topliss-reactive ketones (excluding diaryl/α,β-unsaturated/α-hetero) is 1. The highest BCUT2D eigenvalue weighted by Crippen LogP contribution is 2.21. The molecule has 0 aliphatic rings. The van der Waals surface area contributed by atoms with Crippen LogP contribution in [0.5, 0.6) is 0 Å². The largest absolute Gasteiger partial charge is 0.460 e. The van der Waals surface area contributed by atoms with Crippen LogP contribution in [-0.4, -0.2) is 18.4 Å². The molecule has 0 heterocycles. The van der Waals surface area contributed by atoms with Gasteiger partial charge in [-0.3, -0.25) is 4.79 Å². The van der Waals surface area contributed by atoms with Gasteiger partial charge in [0, 0.05) is 0 Å². The molecule has 1 aromatic rings. The fourth-order valence-electron chi connectivity index (χ4n) is 1.74. The lowest BCUT2D eigenvalue weighted by Crippen LogP contribution is -2.24. The molecule has 0 aromatic heterocycles. The van der Waals surface area contributed by atoms with Gasteiger partial charge < -0.3 is 4.74 Å². The van der Waals surface area contributed by atoms with Gasteiger partial charge in [-0.15, -0.1) is 0 Å². The lowest BCUT2D eigenvalue weighted by atomic mass is 9.91. The highest BCUT2D eigenvalue weighted by molar-refractivity contribution is 6.36. The SMILES string of the molecule is CCOC(=O)C(=O)C(C#N)c1ccc(C)cc1C. The predicted molar refractivity (Wildman–Crippen MR) is 65.9 cm³/mol. The smallest absolute Gasteiger partial charge is 0.376 e. The highest BCUT2D eigenvalue weighted by Gasteiger charge is 2.28. The van der Waals surface area contributed by atoms with E-state index in [1.165, 1.54) is 0 Å². The molecule has 0 aliphatic heterocycles. The van der Waals surface area contributed by atoms with Gasteiger partial charge in [-0.25, -0.2) is 4.79 Å². The lowest BCUT2D eigenvalue weighted by Gasteiger charge is -2.11. The first-order valence-electron chi connectivity index (χ1n) is 5.69. The van der Waals surface area contributed by atoms with Crippen LogP contribution in [0.1, 0.15) is 29.5 Å². The molecular weight excluding hydrogens is 230 g/mol. The molecule has 1 unspecified atom stereocenters. The van der Waals surface area contributed by atoms with Crippen molar-refractivity contribution in [3.63, 3.8) is 0 Å². The minimum absolute atomic E-state index is 0.121. The number of aryl methyl sites for hydroxylation is 2. The maximum Gasteiger partial charge on any atom is 0.376 e. The molecule has 4 nitrogen and oxygen atoms in total. The average Bonchev–Trinajstić information content (AvgIpc) is 2.32. The molecule has 0 amide bonds. The molecule has 0 N–H and O–H groups in total. The standard InChI is InChI=1S/C14H15NO3/c1-4-18-14(17)13(16)12(8-15)11-6-5-9(2)7-10(11)3/h5-7,12H,4H2,1-3H3. The molecule has 0 fully saturated rings. The number of benzene rings is 1. The van der Waals surface area contributed by atoms with Gasteiger partial charge in [-0.2, -0.15) is 5.26 Å². The van der Waals surface area contributed by atoms with Gasteiger partial charge in [0.15, 0.2) is 0 Å². The number of nitrogens with zero attached hydrogens (tertiary/aromatic N) is 1. The molecule has 0 saturated heterocycles. The normalized spacial score (nSPS) is 11.4. The van der Waals surface area contributed by atoms with Crippen LogP contribution in [0.2, 0.25) is 0 Å². The first-order chi connectivity index (χ1) is 8.51. The number of esters is 1. The Kier molecular flexibility index (Phi) is 4.61. The van der Waals surface area contributed by atoms with Gasteiger partial charge >= 0.3 is 5.97 Å². The maximum atomic E-state index is 11.8. The Morgan fingerprint density at radius 3 is 2.56 bits per heavy atom. The Bertz CT molecular complexity index is 514. The van der Waals surface area contributed by atoms with E-state index in [0.29, 0.717) is 5.56 Å². The fraction of sp³-hybridized carbons (Fsp3) is 0.357. The van der Waals surface area contributed by atoms with Crippen LogP contribution in [0.25, 0.3) is 0 Å². The first-order valence-corrected chi connectivity index (χ1v) is 5.69. The van der Waals surface area contributed by atoms with Gasteiger partial charge in [0.2, 0.25) is 0 Å². The zero-order chi connectivity index (χ0) is 13.7. The van der Waals surface area contributed by atoms with Gasteiger partial charge in [0.1, 0.15) is 5.92 Å². The van der Waals surface area contributed by atoms with Crippen LogP contribution < -0.4 is 0 Å². The zero-order valence-corrected chi connectivity index (χ0v) is 10.7. The van der Waals surface area contributed by atoms with Crippen LogP contribution in [0.15, 0.2) is 18.2 Å². The Morgan fingerprint density at radius 1 is 1.39 bits per heavy atom. The average molecular weight is 245 g/mol. The molecule has 0 aliphatic carbocycles. The third kappa shape index (κ3) is 2.95. The first kappa shape index (κ1) is 13.9. The van der Waals surface area contributed by atoms with Crippen molar-refractivity contribution in [1.29, 1.82) is 5.26 Å². The van der Waals surface area contributed by atoms with E-state index in [9.17, 15) is 9.59 Å². The van der Waals surface area contributed by atoms with Crippen LogP contribution in [0, 0.1) is 25.2 Å². The molecule has 0 radical (unpaired) electrons. The second-order valence-corrected chi connectivity index (χ2v) is 4.01. The molecule has 0 saturated carbocycles. The van der Waals surface area contributed by atoms with Crippen LogP contribution in [0.3, 0.4) is 0 Å². The summed E-state index contributed by atoms with van der Waals surface area (Å²) in [6.45, 7) is 5.47. The minimum Gasteiger partial charge on any atom is -0.460 e. The molecule has 4 heteroatoms. The monoisotopic (exact) mass is 245 g/mol. The summed E-state index contributed by atoms with van der Waals surface area (Å²) in [6.07, 6.45) is 0. The van der Waals surface area contributed by atoms with Crippen molar-refractivity contribution < 1.29 is 14.3 Å². The number of carbonyl (C=O) groups excluding carboxylic acids is 2. The number of rotatable bonds is 4. The molecule has 1 aromatic carbocycles. The van der Waals surface area contributed by atoms with Crippen molar-refractivity contribution in [3.05, 3.63) is 34.9 Å². The van der Waals surface area contributed by atoms with E-state index in [1.54, 1.807) is 13.0 Å². The Hall–Kier alpha value is -2.15. The Labute approximate surface area is 106 Å². The van der Waals surface area contributed by atoms with Gasteiger partial charge in [-0.1, -0.05) is 23.8 Å². The second-order valence-electron chi connectivity index (χ2n) is 4.01. The summed E-state index contributed by atoms with van der Waals surface area (Å²) in [6, 6.07) is 7.26. The summed E-state index contributed by atoms with van der Waals surface area (Å²) in [7, 11) is 0. The fourth-order valence-corrected chi connectivity index (χ4v) is 1.74. The summed E-state index contributed by atoms with van der Waals surface area (Å²) >= 11 is 0. The van der Waals surface area contributed by atoms with Crippen molar-refractivity contribution in [2.24, 2.45) is 0 Å². The summed E-state index contributed by atoms with van der Waals surface area (Å²) in [5, 5.41) is 9.08. The number of hydrogen-bond acceptors (Lipinski definition) is 4. The van der Waals surface area contributed by atoms with Crippen LogP contribution >= 0.6 is 0 Å². The quantitative estimate of drug-likeness (QED) is 0.601. The number of carbonyl (C=O) groups is 2. The maximum absolute atomic E-state index is 11.8. The Morgan fingerprint density at radius 2 is 2.06 bits per heavy atom. The number of ether oxygens (including phenoxy) is 1. The molecule has 1 atom stereocenters. The zero-order valence-electron chi connectivity index (χ0n) is 10.7. The predicted octanol–water partition coefficient (Wildman–Crippen LogP) is 2.04. The summed E-state index contributed by atoms with van der Waals surface area (Å²) < 4.78 is 4.63. The highest BCUT2D eigenvalue weighted by atomic mass is 16.5. The summed E-state index contributed by atoms with van der Waals surface area (Å²) in [4.78, 5) is 23.2. The molecule has 0 spiro atoms. The van der Waals surface area contributed by atoms with E-state index in [2.05, 4.69) is 4.74 Å². The van der Waals surface area contributed by atoms with E-state index in [1.807, 2.05) is 32.0 Å². The molecular formula is C14H15NO3.